The van der Waals surface area contributed by atoms with Crippen molar-refractivity contribution in [2.45, 2.75) is 19.9 Å². The number of nitrogens with zero attached hydrogens (tertiary/aromatic N) is 3. The Bertz CT molecular complexity index is 1860. The maximum atomic E-state index is 13.9. The number of allylic oxidation sites excluding steroid dienone is 1. The molecule has 0 saturated carbocycles. The average molecular weight is 576 g/mol. The number of furan rings is 1. The van der Waals surface area contributed by atoms with Crippen LogP contribution < -0.4 is 24.4 Å². The minimum Gasteiger partial charge on any atom is -0.497 e. The van der Waals surface area contributed by atoms with Gasteiger partial charge in [0.15, 0.2) is 4.80 Å². The van der Waals surface area contributed by atoms with Gasteiger partial charge in [0.1, 0.15) is 29.1 Å². The van der Waals surface area contributed by atoms with Crippen molar-refractivity contribution in [3.05, 3.63) is 107 Å². The zero-order valence-corrected chi connectivity index (χ0v) is 23.4. The first-order valence-corrected chi connectivity index (χ1v) is 13.3. The highest BCUT2D eigenvalue weighted by Crippen LogP contribution is 2.38. The molecule has 210 valence electrons. The zero-order chi connectivity index (χ0) is 29.3. The van der Waals surface area contributed by atoms with Crippen LogP contribution in [0.15, 0.2) is 80.1 Å². The van der Waals surface area contributed by atoms with E-state index in [-0.39, 0.29) is 23.4 Å². The summed E-state index contributed by atoms with van der Waals surface area (Å²) in [5.74, 6) is 1.28. The lowest BCUT2D eigenvalue weighted by Gasteiger charge is -2.26. The lowest BCUT2D eigenvalue weighted by Crippen LogP contribution is -2.40. The van der Waals surface area contributed by atoms with E-state index in [1.165, 1.54) is 30.9 Å². The van der Waals surface area contributed by atoms with Crippen molar-refractivity contribution >= 4 is 29.1 Å². The second kappa shape index (κ2) is 11.3. The van der Waals surface area contributed by atoms with Gasteiger partial charge in [-0.05, 0) is 56.3 Å². The summed E-state index contributed by atoms with van der Waals surface area (Å²) in [6.07, 6.45) is 1.60. The number of thiazole rings is 1. The lowest BCUT2D eigenvalue weighted by molar-refractivity contribution is -0.384. The van der Waals surface area contributed by atoms with Crippen LogP contribution in [0.1, 0.15) is 31.2 Å². The van der Waals surface area contributed by atoms with Gasteiger partial charge in [-0.1, -0.05) is 11.3 Å². The Morgan fingerprint density at radius 3 is 2.56 bits per heavy atom. The molecule has 11 nitrogen and oxygen atoms in total. The first-order chi connectivity index (χ1) is 19.7. The monoisotopic (exact) mass is 575 g/mol. The molecular formula is C29H25N3O8S. The van der Waals surface area contributed by atoms with E-state index in [4.69, 9.17) is 18.6 Å². The molecule has 0 aliphatic carbocycles. The third-order valence-corrected chi connectivity index (χ3v) is 7.49. The number of nitro benzene ring substituents is 1. The van der Waals surface area contributed by atoms with E-state index in [1.54, 1.807) is 62.4 Å². The van der Waals surface area contributed by atoms with Gasteiger partial charge >= 0.3 is 5.97 Å². The van der Waals surface area contributed by atoms with Gasteiger partial charge in [-0.2, -0.15) is 0 Å². The number of esters is 1. The van der Waals surface area contributed by atoms with Gasteiger partial charge in [0.25, 0.3) is 11.2 Å². The zero-order valence-electron chi connectivity index (χ0n) is 22.6. The molecule has 4 aromatic rings. The van der Waals surface area contributed by atoms with Crippen LogP contribution in [-0.4, -0.2) is 36.3 Å². The van der Waals surface area contributed by atoms with E-state index in [9.17, 15) is 19.7 Å². The SMILES string of the molecule is CCOC(=O)C1=C(C)N=c2s/c(=C/c3ccc(-c4ccc([N+](=O)[O-])cc4)o3)c(=O)n2C1c1cc(OC)ccc1OC. The summed E-state index contributed by atoms with van der Waals surface area (Å²) in [6, 6.07) is 13.7. The summed E-state index contributed by atoms with van der Waals surface area (Å²) in [5, 5.41) is 11.0. The van der Waals surface area contributed by atoms with Crippen molar-refractivity contribution in [1.82, 2.24) is 4.57 Å². The maximum Gasteiger partial charge on any atom is 0.338 e. The van der Waals surface area contributed by atoms with E-state index in [0.717, 1.165) is 11.3 Å². The van der Waals surface area contributed by atoms with Crippen LogP contribution in [0.3, 0.4) is 0 Å². The number of carbonyl (C=O) groups excluding carboxylic acids is 1. The molecule has 1 atom stereocenters. The summed E-state index contributed by atoms with van der Waals surface area (Å²) in [7, 11) is 3.04. The molecule has 1 aliphatic rings. The molecule has 1 unspecified atom stereocenters. The summed E-state index contributed by atoms with van der Waals surface area (Å²) in [5.41, 5.74) is 1.42. The predicted octanol–water partition coefficient (Wildman–Crippen LogP) is 3.98. The van der Waals surface area contributed by atoms with Crippen molar-refractivity contribution in [2.24, 2.45) is 4.99 Å². The summed E-state index contributed by atoms with van der Waals surface area (Å²) < 4.78 is 24.1. The molecule has 0 amide bonds. The van der Waals surface area contributed by atoms with Crippen LogP contribution in [0.25, 0.3) is 17.4 Å². The minimum absolute atomic E-state index is 0.0265. The van der Waals surface area contributed by atoms with Gasteiger partial charge in [-0.3, -0.25) is 19.5 Å². The average Bonchev–Trinajstić information content (AvgIpc) is 3.56. The molecule has 0 bridgehead atoms. The normalized spacial score (nSPS) is 14.8. The number of aromatic nitrogens is 1. The first-order valence-electron chi connectivity index (χ1n) is 12.5. The molecule has 12 heteroatoms. The molecular weight excluding hydrogens is 550 g/mol. The second-order valence-corrected chi connectivity index (χ2v) is 9.93. The standard InChI is InChI=1S/C29H25N3O8S/c1-5-39-28(34)25-16(2)30-29-31(26(25)21-14-19(37-3)10-13-23(21)38-4)27(33)24(41-29)15-20-11-12-22(40-20)17-6-8-18(9-7-17)32(35)36/h6-15,26H,5H2,1-4H3/b24-15+. The molecule has 2 aromatic carbocycles. The van der Waals surface area contributed by atoms with Gasteiger partial charge in [0.05, 0.1) is 41.6 Å². The Morgan fingerprint density at radius 1 is 1.15 bits per heavy atom. The molecule has 3 heterocycles. The van der Waals surface area contributed by atoms with Gasteiger partial charge in [-0.25, -0.2) is 9.79 Å². The van der Waals surface area contributed by atoms with Crippen molar-refractivity contribution in [2.75, 3.05) is 20.8 Å². The number of carbonyl (C=O) groups is 1. The predicted molar refractivity (Wildman–Crippen MR) is 151 cm³/mol. The highest BCUT2D eigenvalue weighted by Gasteiger charge is 2.35. The number of hydrogen-bond donors (Lipinski definition) is 0. The van der Waals surface area contributed by atoms with E-state index >= 15 is 0 Å². The molecule has 5 rings (SSSR count). The third-order valence-electron chi connectivity index (χ3n) is 6.51. The number of non-ortho nitro benzene ring substituents is 1. The Kier molecular flexibility index (Phi) is 7.58. The fourth-order valence-corrected chi connectivity index (χ4v) is 5.63. The van der Waals surface area contributed by atoms with Crippen LogP contribution in [0.2, 0.25) is 0 Å². The Morgan fingerprint density at radius 2 is 1.90 bits per heavy atom. The number of nitro groups is 1. The van der Waals surface area contributed by atoms with Gasteiger partial charge in [-0.15, -0.1) is 0 Å². The van der Waals surface area contributed by atoms with Gasteiger partial charge < -0.3 is 18.6 Å². The molecule has 0 fully saturated rings. The molecule has 0 N–H and O–H groups in total. The highest BCUT2D eigenvalue weighted by molar-refractivity contribution is 7.07. The van der Waals surface area contributed by atoms with E-state index in [0.29, 0.717) is 49.2 Å². The summed E-state index contributed by atoms with van der Waals surface area (Å²) in [4.78, 5) is 42.5. The number of methoxy groups -OCH3 is 2. The summed E-state index contributed by atoms with van der Waals surface area (Å²) >= 11 is 1.15. The largest absolute Gasteiger partial charge is 0.497 e. The van der Waals surface area contributed by atoms with Gasteiger partial charge in [0, 0.05) is 29.3 Å². The minimum atomic E-state index is -0.884. The van der Waals surface area contributed by atoms with Crippen LogP contribution in [-0.2, 0) is 9.53 Å². The topological polar surface area (TPSA) is 135 Å². The van der Waals surface area contributed by atoms with Crippen LogP contribution in [0.5, 0.6) is 11.5 Å². The fourth-order valence-electron chi connectivity index (χ4n) is 4.60. The number of ether oxygens (including phenoxy) is 3. The third kappa shape index (κ3) is 5.16. The maximum absolute atomic E-state index is 13.9. The molecule has 2 aromatic heterocycles. The van der Waals surface area contributed by atoms with Crippen LogP contribution in [0.4, 0.5) is 5.69 Å². The van der Waals surface area contributed by atoms with Crippen molar-refractivity contribution in [3.8, 4) is 22.8 Å². The number of hydrogen-bond acceptors (Lipinski definition) is 10. The number of rotatable bonds is 8. The van der Waals surface area contributed by atoms with E-state index < -0.39 is 16.9 Å². The van der Waals surface area contributed by atoms with Crippen molar-refractivity contribution in [3.63, 3.8) is 0 Å². The Labute approximate surface area is 237 Å². The van der Waals surface area contributed by atoms with E-state index in [1.807, 2.05) is 0 Å². The molecule has 41 heavy (non-hydrogen) atoms. The number of benzene rings is 2. The first kappa shape index (κ1) is 27.6. The number of fused-ring (bicyclic) bond motifs is 1. The van der Waals surface area contributed by atoms with Gasteiger partial charge in [0.2, 0.25) is 0 Å². The van der Waals surface area contributed by atoms with Crippen LogP contribution in [0, 0.1) is 10.1 Å². The van der Waals surface area contributed by atoms with Crippen molar-refractivity contribution in [1.29, 1.82) is 0 Å². The molecule has 0 radical (unpaired) electrons. The molecule has 1 aliphatic heterocycles. The molecule has 0 spiro atoms. The Hall–Kier alpha value is -4.97. The smallest absolute Gasteiger partial charge is 0.338 e. The second-order valence-electron chi connectivity index (χ2n) is 8.92. The lowest BCUT2D eigenvalue weighted by atomic mass is 9.95. The highest BCUT2D eigenvalue weighted by atomic mass is 32.1. The van der Waals surface area contributed by atoms with Crippen molar-refractivity contribution < 1.29 is 28.3 Å². The summed E-state index contributed by atoms with van der Waals surface area (Å²) in [6.45, 7) is 3.56. The fraction of sp³-hybridized carbons (Fsp3) is 0.207. The molecule has 0 saturated heterocycles. The van der Waals surface area contributed by atoms with Crippen LogP contribution >= 0.6 is 11.3 Å². The Balaban J connectivity index is 1.64. The van der Waals surface area contributed by atoms with E-state index in [2.05, 4.69) is 4.99 Å². The quantitative estimate of drug-likeness (QED) is 0.175.